The van der Waals surface area contributed by atoms with Crippen molar-refractivity contribution in [2.75, 3.05) is 5.32 Å². The van der Waals surface area contributed by atoms with Crippen molar-refractivity contribution >= 4 is 23.2 Å². The number of aromatic nitrogens is 2. The summed E-state index contributed by atoms with van der Waals surface area (Å²) in [5.41, 5.74) is 1.51. The number of fused-ring (bicyclic) bond motifs is 1. The smallest absolute Gasteiger partial charge is 0.322 e. The third kappa shape index (κ3) is 4.00. The molecular weight excluding hydrogens is 403 g/mol. The van der Waals surface area contributed by atoms with Gasteiger partial charge in [0.15, 0.2) is 5.69 Å². The van der Waals surface area contributed by atoms with E-state index < -0.39 is 11.9 Å². The first-order valence-corrected chi connectivity index (χ1v) is 9.56. The lowest BCUT2D eigenvalue weighted by Gasteiger charge is -2.15. The Labute approximate surface area is 170 Å². The zero-order chi connectivity index (χ0) is 20.6. The SMILES string of the molecule is O=C(Nc1cccc(Cl)c1)c1ccc(-n2nc(C(F)(F)F)c3c2CCCC3)cc1. The Kier molecular flexibility index (Phi) is 5.08. The van der Waals surface area contributed by atoms with Gasteiger partial charge in [0, 0.05) is 27.5 Å². The van der Waals surface area contributed by atoms with Crippen molar-refractivity contribution in [1.82, 2.24) is 9.78 Å². The number of alkyl halides is 3. The molecule has 0 bridgehead atoms. The number of amides is 1. The average molecular weight is 420 g/mol. The summed E-state index contributed by atoms with van der Waals surface area (Å²) < 4.78 is 41.5. The van der Waals surface area contributed by atoms with Crippen LogP contribution >= 0.6 is 11.6 Å². The summed E-state index contributed by atoms with van der Waals surface area (Å²) in [6.07, 6.45) is -2.00. The molecule has 1 N–H and O–H groups in total. The minimum Gasteiger partial charge on any atom is -0.322 e. The van der Waals surface area contributed by atoms with E-state index in [1.807, 2.05) is 0 Å². The van der Waals surface area contributed by atoms with Crippen LogP contribution in [-0.2, 0) is 19.0 Å². The van der Waals surface area contributed by atoms with Crippen LogP contribution < -0.4 is 5.32 Å². The Balaban J connectivity index is 1.61. The first-order chi connectivity index (χ1) is 13.8. The normalized spacial score (nSPS) is 13.8. The number of benzene rings is 2. The van der Waals surface area contributed by atoms with E-state index >= 15 is 0 Å². The van der Waals surface area contributed by atoms with Crippen LogP contribution in [0.1, 0.15) is 40.2 Å². The highest BCUT2D eigenvalue weighted by atomic mass is 35.5. The number of halogens is 4. The molecule has 2 aromatic carbocycles. The zero-order valence-corrected chi connectivity index (χ0v) is 16.0. The number of carbonyl (C=O) groups is 1. The minimum atomic E-state index is -4.48. The van der Waals surface area contributed by atoms with Crippen LogP contribution in [0.3, 0.4) is 0 Å². The van der Waals surface area contributed by atoms with E-state index in [4.69, 9.17) is 11.6 Å². The van der Waals surface area contributed by atoms with Crippen molar-refractivity contribution in [1.29, 1.82) is 0 Å². The molecule has 1 amide bonds. The van der Waals surface area contributed by atoms with Gasteiger partial charge in [-0.15, -0.1) is 0 Å². The zero-order valence-electron chi connectivity index (χ0n) is 15.3. The van der Waals surface area contributed by atoms with Crippen molar-refractivity contribution in [2.24, 2.45) is 0 Å². The maximum atomic E-state index is 13.4. The van der Waals surface area contributed by atoms with Crippen molar-refractivity contribution in [3.8, 4) is 5.69 Å². The fourth-order valence-electron chi connectivity index (χ4n) is 3.56. The number of rotatable bonds is 3. The van der Waals surface area contributed by atoms with Gasteiger partial charge in [-0.1, -0.05) is 17.7 Å². The Morgan fingerprint density at radius 3 is 2.48 bits per heavy atom. The first kappa shape index (κ1) is 19.5. The Morgan fingerprint density at radius 1 is 1.07 bits per heavy atom. The van der Waals surface area contributed by atoms with Gasteiger partial charge in [0.05, 0.1) is 5.69 Å². The number of nitrogens with one attached hydrogen (secondary N) is 1. The third-order valence-corrected chi connectivity index (χ3v) is 5.14. The summed E-state index contributed by atoms with van der Waals surface area (Å²) in [5, 5.41) is 7.10. The van der Waals surface area contributed by atoms with Crippen LogP contribution in [-0.4, -0.2) is 15.7 Å². The maximum Gasteiger partial charge on any atom is 0.435 e. The lowest BCUT2D eigenvalue weighted by atomic mass is 9.95. The Morgan fingerprint density at radius 2 is 1.79 bits per heavy atom. The number of carbonyl (C=O) groups excluding carboxylic acids is 1. The molecule has 0 atom stereocenters. The number of nitrogens with zero attached hydrogens (tertiary/aromatic N) is 2. The maximum absolute atomic E-state index is 13.4. The predicted octanol–water partition coefficient (Wildman–Crippen LogP) is 5.68. The second kappa shape index (κ2) is 7.55. The Hall–Kier alpha value is -2.80. The molecule has 3 aromatic rings. The van der Waals surface area contributed by atoms with E-state index in [1.54, 1.807) is 48.5 Å². The van der Waals surface area contributed by atoms with Crippen LogP contribution in [0.2, 0.25) is 5.02 Å². The highest BCUT2D eigenvalue weighted by Crippen LogP contribution is 2.36. The van der Waals surface area contributed by atoms with Crippen molar-refractivity contribution in [3.63, 3.8) is 0 Å². The molecule has 0 radical (unpaired) electrons. The molecule has 4 rings (SSSR count). The monoisotopic (exact) mass is 419 g/mol. The molecule has 0 saturated carbocycles. The molecule has 150 valence electrons. The number of anilines is 1. The van der Waals surface area contributed by atoms with Gasteiger partial charge in [0.2, 0.25) is 0 Å². The second-order valence-corrected chi connectivity index (χ2v) is 7.34. The van der Waals surface area contributed by atoms with Gasteiger partial charge in [0.25, 0.3) is 5.91 Å². The van der Waals surface area contributed by atoms with E-state index in [0.29, 0.717) is 40.5 Å². The fraction of sp³-hybridized carbons (Fsp3) is 0.238. The van der Waals surface area contributed by atoms with Gasteiger partial charge in [-0.05, 0) is 68.1 Å². The van der Waals surface area contributed by atoms with Crippen molar-refractivity contribution in [3.05, 3.63) is 76.1 Å². The highest BCUT2D eigenvalue weighted by molar-refractivity contribution is 6.30. The molecule has 0 spiro atoms. The van der Waals surface area contributed by atoms with Crippen LogP contribution in [0.25, 0.3) is 5.69 Å². The summed E-state index contributed by atoms with van der Waals surface area (Å²) >= 11 is 5.91. The summed E-state index contributed by atoms with van der Waals surface area (Å²) in [4.78, 5) is 12.4. The van der Waals surface area contributed by atoms with E-state index in [2.05, 4.69) is 10.4 Å². The summed E-state index contributed by atoms with van der Waals surface area (Å²) in [7, 11) is 0. The molecule has 1 aliphatic rings. The fourth-order valence-corrected chi connectivity index (χ4v) is 3.75. The lowest BCUT2D eigenvalue weighted by molar-refractivity contribution is -0.142. The molecule has 8 heteroatoms. The van der Waals surface area contributed by atoms with Gasteiger partial charge in [-0.2, -0.15) is 18.3 Å². The minimum absolute atomic E-state index is 0.284. The van der Waals surface area contributed by atoms with Crippen molar-refractivity contribution in [2.45, 2.75) is 31.9 Å². The second-order valence-electron chi connectivity index (χ2n) is 6.90. The van der Waals surface area contributed by atoms with E-state index in [-0.39, 0.29) is 11.5 Å². The van der Waals surface area contributed by atoms with E-state index in [0.717, 1.165) is 12.8 Å². The van der Waals surface area contributed by atoms with Gasteiger partial charge in [0.1, 0.15) is 0 Å². The Bertz CT molecular complexity index is 1060. The molecule has 0 saturated heterocycles. The molecule has 1 aliphatic carbocycles. The molecule has 29 heavy (non-hydrogen) atoms. The van der Waals surface area contributed by atoms with Gasteiger partial charge in [-0.25, -0.2) is 4.68 Å². The molecule has 1 heterocycles. The van der Waals surface area contributed by atoms with Crippen LogP contribution in [0.5, 0.6) is 0 Å². The predicted molar refractivity (Wildman–Crippen MR) is 105 cm³/mol. The topological polar surface area (TPSA) is 46.9 Å². The number of hydrogen-bond acceptors (Lipinski definition) is 2. The molecule has 0 fully saturated rings. The molecular formula is C21H17ClF3N3O. The number of hydrogen-bond donors (Lipinski definition) is 1. The van der Waals surface area contributed by atoms with E-state index in [9.17, 15) is 18.0 Å². The van der Waals surface area contributed by atoms with Gasteiger partial charge < -0.3 is 5.32 Å². The van der Waals surface area contributed by atoms with Crippen LogP contribution in [0, 0.1) is 0 Å². The standard InChI is InChI=1S/C21H17ClF3N3O/c22-14-4-3-5-15(12-14)26-20(29)13-8-10-16(11-9-13)28-18-7-2-1-6-17(18)19(27-28)21(23,24)25/h3-5,8-12H,1-2,6-7H2,(H,26,29). The summed E-state index contributed by atoms with van der Waals surface area (Å²) in [5.74, 6) is -0.336. The van der Waals surface area contributed by atoms with Crippen LogP contribution in [0.4, 0.5) is 18.9 Å². The molecule has 4 nitrogen and oxygen atoms in total. The van der Waals surface area contributed by atoms with Gasteiger partial charge in [-0.3, -0.25) is 4.79 Å². The first-order valence-electron chi connectivity index (χ1n) is 9.18. The largest absolute Gasteiger partial charge is 0.435 e. The molecule has 0 unspecified atom stereocenters. The molecule has 1 aromatic heterocycles. The van der Waals surface area contributed by atoms with Gasteiger partial charge >= 0.3 is 6.18 Å². The average Bonchev–Trinajstić information content (AvgIpc) is 3.08. The summed E-state index contributed by atoms with van der Waals surface area (Å²) in [6, 6.07) is 13.1. The lowest BCUT2D eigenvalue weighted by Crippen LogP contribution is -2.12. The highest BCUT2D eigenvalue weighted by Gasteiger charge is 2.39. The molecule has 0 aliphatic heterocycles. The van der Waals surface area contributed by atoms with Crippen LogP contribution in [0.15, 0.2) is 48.5 Å². The summed E-state index contributed by atoms with van der Waals surface area (Å²) in [6.45, 7) is 0. The third-order valence-electron chi connectivity index (χ3n) is 4.91. The van der Waals surface area contributed by atoms with E-state index in [1.165, 1.54) is 4.68 Å². The quantitative estimate of drug-likeness (QED) is 0.594. The van der Waals surface area contributed by atoms with Crippen molar-refractivity contribution < 1.29 is 18.0 Å².